The number of imidazole rings is 1. The lowest BCUT2D eigenvalue weighted by atomic mass is 9.88. The van der Waals surface area contributed by atoms with Crippen LogP contribution in [-0.2, 0) is 5.41 Å². The van der Waals surface area contributed by atoms with E-state index >= 15 is 0 Å². The first-order chi connectivity index (χ1) is 21.9. The Balaban J connectivity index is 1.21. The van der Waals surface area contributed by atoms with E-state index in [0.717, 1.165) is 50.5 Å². The van der Waals surface area contributed by atoms with E-state index in [4.69, 9.17) is 9.72 Å². The van der Waals surface area contributed by atoms with Crippen molar-refractivity contribution < 1.29 is 9.30 Å². The van der Waals surface area contributed by atoms with Crippen molar-refractivity contribution in [3.63, 3.8) is 0 Å². The third-order valence-electron chi connectivity index (χ3n) is 8.11. The van der Waals surface area contributed by atoms with Crippen LogP contribution < -0.4 is 9.30 Å². The van der Waals surface area contributed by atoms with Crippen LogP contribution in [0.1, 0.15) is 26.3 Å². The van der Waals surface area contributed by atoms with Crippen LogP contribution in [0.25, 0.3) is 50.3 Å². The fourth-order valence-corrected chi connectivity index (χ4v) is 5.90. The molecular formula is C38H30N6O. The molecule has 0 spiro atoms. The highest BCUT2D eigenvalue weighted by molar-refractivity contribution is 6.09. The maximum atomic E-state index is 6.52. The van der Waals surface area contributed by atoms with Crippen LogP contribution >= 0.6 is 0 Å². The van der Waals surface area contributed by atoms with Crippen molar-refractivity contribution >= 4 is 32.8 Å². The van der Waals surface area contributed by atoms with Gasteiger partial charge in [0.15, 0.2) is 6.33 Å². The molecule has 0 aliphatic rings. The first kappa shape index (κ1) is 26.8. The van der Waals surface area contributed by atoms with Crippen LogP contribution in [0.3, 0.4) is 0 Å². The molecule has 0 atom stereocenters. The van der Waals surface area contributed by atoms with Crippen LogP contribution in [0.15, 0.2) is 128 Å². The topological polar surface area (TPSA) is 61.6 Å². The van der Waals surface area contributed by atoms with Crippen molar-refractivity contribution in [2.45, 2.75) is 26.2 Å². The number of nitrogens with zero attached hydrogens (tertiary/aromatic N) is 6. The molecule has 0 saturated heterocycles. The molecular weight excluding hydrogens is 556 g/mol. The molecule has 0 aliphatic carbocycles. The molecule has 8 aromatic rings. The Labute approximate surface area is 260 Å². The van der Waals surface area contributed by atoms with Gasteiger partial charge in [-0.25, -0.2) is 4.98 Å². The molecule has 0 saturated carbocycles. The third kappa shape index (κ3) is 4.69. The number of hydrogen-bond donors (Lipinski definition) is 0. The molecule has 0 unspecified atom stereocenters. The maximum Gasteiger partial charge on any atom is 0.322 e. The van der Waals surface area contributed by atoms with Crippen LogP contribution in [0.2, 0.25) is 0 Å². The van der Waals surface area contributed by atoms with Crippen LogP contribution in [-0.4, -0.2) is 24.1 Å². The predicted molar refractivity (Wildman–Crippen MR) is 177 cm³/mol. The SMILES string of the molecule is CC(C)(C)c1ccnc(-n2c3ccccc3c3ccc(Oc4cccc(-n5[c-][n+](-c6ncccn6)c6ccccc65)c4)cc32)c1. The zero-order valence-corrected chi connectivity index (χ0v) is 25.2. The van der Waals surface area contributed by atoms with Crippen molar-refractivity contribution in [3.8, 4) is 29.0 Å². The molecule has 0 bridgehead atoms. The van der Waals surface area contributed by atoms with Crippen LogP contribution in [0.4, 0.5) is 0 Å². The van der Waals surface area contributed by atoms with E-state index in [1.807, 2.05) is 63.9 Å². The van der Waals surface area contributed by atoms with Gasteiger partial charge in [0.2, 0.25) is 0 Å². The monoisotopic (exact) mass is 586 g/mol. The summed E-state index contributed by atoms with van der Waals surface area (Å²) >= 11 is 0. The van der Waals surface area contributed by atoms with Crippen molar-refractivity contribution in [2.75, 3.05) is 0 Å². The van der Waals surface area contributed by atoms with Gasteiger partial charge in [-0.05, 0) is 59.5 Å². The molecule has 4 aromatic heterocycles. The van der Waals surface area contributed by atoms with Gasteiger partial charge in [0.1, 0.15) is 17.3 Å². The van der Waals surface area contributed by atoms with Gasteiger partial charge in [-0.15, -0.1) is 0 Å². The fourth-order valence-electron chi connectivity index (χ4n) is 5.90. The number of fused-ring (bicyclic) bond motifs is 4. The molecule has 7 heteroatoms. The molecule has 0 fully saturated rings. The molecule has 45 heavy (non-hydrogen) atoms. The highest BCUT2D eigenvalue weighted by atomic mass is 16.5. The maximum absolute atomic E-state index is 6.52. The molecule has 0 aliphatic heterocycles. The number of benzene rings is 4. The summed E-state index contributed by atoms with van der Waals surface area (Å²) in [5.41, 5.74) is 6.24. The summed E-state index contributed by atoms with van der Waals surface area (Å²) in [5.74, 6) is 2.91. The van der Waals surface area contributed by atoms with E-state index in [9.17, 15) is 0 Å². The van der Waals surface area contributed by atoms with E-state index in [1.165, 1.54) is 10.9 Å². The molecule has 0 amide bonds. The second kappa shape index (κ2) is 10.4. The zero-order valence-electron chi connectivity index (χ0n) is 25.2. The Morgan fingerprint density at radius 3 is 2.24 bits per heavy atom. The first-order valence-electron chi connectivity index (χ1n) is 14.9. The third-order valence-corrected chi connectivity index (χ3v) is 8.11. The van der Waals surface area contributed by atoms with Gasteiger partial charge < -0.3 is 9.30 Å². The summed E-state index contributed by atoms with van der Waals surface area (Å²) in [7, 11) is 0. The highest BCUT2D eigenvalue weighted by Crippen LogP contribution is 2.36. The minimum atomic E-state index is 0.00556. The predicted octanol–water partition coefficient (Wildman–Crippen LogP) is 8.08. The summed E-state index contributed by atoms with van der Waals surface area (Å²) in [6.07, 6.45) is 8.80. The Hall–Kier alpha value is -5.82. The summed E-state index contributed by atoms with van der Waals surface area (Å²) in [6.45, 7) is 6.67. The van der Waals surface area contributed by atoms with Crippen LogP contribution in [0.5, 0.6) is 11.5 Å². The smallest absolute Gasteiger partial charge is 0.322 e. The molecule has 0 radical (unpaired) electrons. The Kier molecular flexibility index (Phi) is 6.20. The quantitative estimate of drug-likeness (QED) is 0.151. The molecule has 218 valence electrons. The van der Waals surface area contributed by atoms with Gasteiger partial charge in [0.25, 0.3) is 0 Å². The lowest BCUT2D eigenvalue weighted by Gasteiger charge is -2.20. The second-order valence-corrected chi connectivity index (χ2v) is 12.1. The number of hydrogen-bond acceptors (Lipinski definition) is 4. The van der Waals surface area contributed by atoms with Crippen molar-refractivity contribution in [2.24, 2.45) is 0 Å². The van der Waals surface area contributed by atoms with Crippen LogP contribution in [0, 0.1) is 6.33 Å². The normalized spacial score (nSPS) is 11.9. The Bertz CT molecular complexity index is 2350. The van der Waals surface area contributed by atoms with Gasteiger partial charge in [0.05, 0.1) is 23.4 Å². The average Bonchev–Trinajstić information content (AvgIpc) is 3.61. The number of ether oxygens (including phenoxy) is 1. The largest absolute Gasteiger partial charge is 0.458 e. The van der Waals surface area contributed by atoms with E-state index in [0.29, 0.717) is 5.95 Å². The minimum Gasteiger partial charge on any atom is -0.458 e. The number of aromatic nitrogens is 6. The van der Waals surface area contributed by atoms with Gasteiger partial charge in [0, 0.05) is 39.8 Å². The molecule has 7 nitrogen and oxygen atoms in total. The van der Waals surface area contributed by atoms with E-state index in [2.05, 4.69) is 96.2 Å². The lowest BCUT2D eigenvalue weighted by molar-refractivity contribution is -0.580. The van der Waals surface area contributed by atoms with Crippen molar-refractivity contribution in [1.29, 1.82) is 0 Å². The first-order valence-corrected chi connectivity index (χ1v) is 14.9. The zero-order chi connectivity index (χ0) is 30.5. The molecule has 0 N–H and O–H groups in total. The van der Waals surface area contributed by atoms with Crippen molar-refractivity contribution in [3.05, 3.63) is 140 Å². The van der Waals surface area contributed by atoms with E-state index in [1.54, 1.807) is 18.5 Å². The number of para-hydroxylation sites is 3. The molecule has 4 heterocycles. The lowest BCUT2D eigenvalue weighted by Crippen LogP contribution is -2.32. The molecule has 8 rings (SSSR count). The van der Waals surface area contributed by atoms with E-state index in [-0.39, 0.29) is 5.41 Å². The van der Waals surface area contributed by atoms with Gasteiger partial charge in [-0.1, -0.05) is 75.4 Å². The summed E-state index contributed by atoms with van der Waals surface area (Å²) in [5, 5.41) is 2.32. The second-order valence-electron chi connectivity index (χ2n) is 12.1. The Morgan fingerprint density at radius 2 is 1.40 bits per heavy atom. The number of rotatable bonds is 5. The standard InChI is InChI=1S/C38H30N6O/c1-38(2,3)26-18-21-39-36(22-26)44-32-13-5-4-12-30(32)31-17-16-29(24-35(31)44)45-28-11-8-10-27(23-28)42-25-43(37-40-19-9-20-41-37)34-15-7-6-14-33(34)42/h4-24H,1-3H3. The summed E-state index contributed by atoms with van der Waals surface area (Å²) in [6, 6.07) is 37.0. The minimum absolute atomic E-state index is 0.00556. The summed E-state index contributed by atoms with van der Waals surface area (Å²) in [4.78, 5) is 13.7. The number of pyridine rings is 1. The average molecular weight is 587 g/mol. The van der Waals surface area contributed by atoms with Crippen molar-refractivity contribution in [1.82, 2.24) is 24.1 Å². The van der Waals surface area contributed by atoms with Gasteiger partial charge in [-0.2, -0.15) is 9.97 Å². The van der Waals surface area contributed by atoms with E-state index < -0.39 is 0 Å². The highest BCUT2D eigenvalue weighted by Gasteiger charge is 2.18. The van der Waals surface area contributed by atoms with Gasteiger partial charge in [-0.3, -0.25) is 9.13 Å². The summed E-state index contributed by atoms with van der Waals surface area (Å²) < 4.78 is 12.6. The van der Waals surface area contributed by atoms with Gasteiger partial charge >= 0.3 is 5.95 Å². The fraction of sp³-hybridized carbons (Fsp3) is 0.105. The Morgan fingerprint density at radius 1 is 0.644 bits per heavy atom. The molecule has 4 aromatic carbocycles.